The summed E-state index contributed by atoms with van der Waals surface area (Å²) in [5.74, 6) is 0. The molecule has 0 atom stereocenters. The van der Waals surface area contributed by atoms with Crippen LogP contribution in [-0.4, -0.2) is 57.7 Å². The molecule has 0 saturated carbocycles. The van der Waals surface area contributed by atoms with E-state index in [0.717, 1.165) is 41.4 Å². The number of aromatic nitrogens is 3. The first-order chi connectivity index (χ1) is 14.1. The van der Waals surface area contributed by atoms with Crippen molar-refractivity contribution in [3.63, 3.8) is 0 Å². The number of nitrogens with zero attached hydrogens (tertiary/aromatic N) is 5. The highest BCUT2D eigenvalue weighted by Crippen LogP contribution is 2.26. The molecule has 29 heavy (non-hydrogen) atoms. The second kappa shape index (κ2) is 7.45. The number of sulfonamides is 1. The topological polar surface area (TPSA) is 92.4 Å². The normalized spacial score (nSPS) is 17.1. The van der Waals surface area contributed by atoms with Crippen molar-refractivity contribution in [2.45, 2.75) is 17.9 Å². The maximum absolute atomic E-state index is 13.3. The Bertz CT molecular complexity index is 1270. The summed E-state index contributed by atoms with van der Waals surface area (Å²) in [5.41, 5.74) is 2.72. The third-order valence-electron chi connectivity index (χ3n) is 5.24. The van der Waals surface area contributed by atoms with Gasteiger partial charge in [0.2, 0.25) is 10.0 Å². The van der Waals surface area contributed by atoms with E-state index in [1.54, 1.807) is 22.5 Å². The van der Waals surface area contributed by atoms with E-state index in [2.05, 4.69) is 18.8 Å². The van der Waals surface area contributed by atoms with Crippen molar-refractivity contribution < 1.29 is 12.9 Å². The van der Waals surface area contributed by atoms with Crippen LogP contribution in [0, 0.1) is 0 Å². The van der Waals surface area contributed by atoms with Gasteiger partial charge in [0.25, 0.3) is 0 Å². The lowest BCUT2D eigenvalue weighted by Gasteiger charge is -2.21. The second-order valence-corrected chi connectivity index (χ2v) is 9.48. The summed E-state index contributed by atoms with van der Waals surface area (Å²) in [4.78, 5) is 2.46. The molecule has 1 fully saturated rings. The third kappa shape index (κ3) is 3.42. The molecule has 0 radical (unpaired) electrons. The number of para-hydroxylation sites is 1. The first-order valence-corrected chi connectivity index (χ1v) is 11.6. The van der Waals surface area contributed by atoms with Gasteiger partial charge < -0.3 is 4.52 Å². The van der Waals surface area contributed by atoms with Crippen molar-refractivity contribution in [1.29, 1.82) is 0 Å². The Hall–Kier alpha value is -2.40. The molecule has 1 saturated heterocycles. The van der Waals surface area contributed by atoms with Crippen LogP contribution in [0.15, 0.2) is 51.9 Å². The van der Waals surface area contributed by atoms with Crippen LogP contribution in [0.2, 0.25) is 0 Å². The molecular formula is C19H19N5O3S2. The second-order valence-electron chi connectivity index (χ2n) is 7.05. The number of hydrogen-bond donors (Lipinski definition) is 0. The molecule has 0 aliphatic carbocycles. The van der Waals surface area contributed by atoms with Crippen molar-refractivity contribution in [2.75, 3.05) is 26.2 Å². The summed E-state index contributed by atoms with van der Waals surface area (Å²) >= 11 is 1.03. The van der Waals surface area contributed by atoms with Crippen LogP contribution in [0.5, 0.6) is 0 Å². The zero-order chi connectivity index (χ0) is 19.8. The Morgan fingerprint density at radius 2 is 1.90 bits per heavy atom. The van der Waals surface area contributed by atoms with Crippen molar-refractivity contribution in [2.24, 2.45) is 0 Å². The molecule has 0 N–H and O–H groups in total. The average Bonchev–Trinajstić information content (AvgIpc) is 3.29. The molecule has 0 bridgehead atoms. The lowest BCUT2D eigenvalue weighted by atomic mass is 10.2. The van der Waals surface area contributed by atoms with Crippen molar-refractivity contribution in [1.82, 2.24) is 23.1 Å². The predicted molar refractivity (Wildman–Crippen MR) is 110 cm³/mol. The summed E-state index contributed by atoms with van der Waals surface area (Å²) in [6.07, 6.45) is 0.750. The Morgan fingerprint density at radius 1 is 1.00 bits per heavy atom. The van der Waals surface area contributed by atoms with Crippen LogP contribution in [0.1, 0.15) is 12.1 Å². The van der Waals surface area contributed by atoms with E-state index in [4.69, 9.17) is 4.52 Å². The standard InChI is InChI=1S/C19H19N5O3S2/c25-29(26,18-8-3-6-15-19(18)22-28-21-15)24-10-4-9-23(11-12-24)13-16-14-5-1-2-7-17(14)27-20-16/h1-3,5-8H,4,9-13H2. The molecule has 0 spiro atoms. The number of rotatable bonds is 4. The van der Waals surface area contributed by atoms with Crippen molar-refractivity contribution in [3.05, 3.63) is 48.2 Å². The van der Waals surface area contributed by atoms with Crippen LogP contribution < -0.4 is 0 Å². The van der Waals surface area contributed by atoms with E-state index in [0.29, 0.717) is 37.2 Å². The Labute approximate surface area is 172 Å². The quantitative estimate of drug-likeness (QED) is 0.492. The molecule has 8 nitrogen and oxygen atoms in total. The zero-order valence-electron chi connectivity index (χ0n) is 15.6. The van der Waals surface area contributed by atoms with E-state index in [1.165, 1.54) is 0 Å². The maximum atomic E-state index is 13.3. The highest BCUT2D eigenvalue weighted by molar-refractivity contribution is 7.89. The Kier molecular flexibility index (Phi) is 4.78. The molecule has 10 heteroatoms. The largest absolute Gasteiger partial charge is 0.356 e. The number of benzene rings is 2. The third-order valence-corrected chi connectivity index (χ3v) is 7.71. The molecule has 2 aromatic carbocycles. The van der Waals surface area contributed by atoms with Crippen molar-refractivity contribution >= 4 is 43.8 Å². The van der Waals surface area contributed by atoms with Crippen LogP contribution in [-0.2, 0) is 16.6 Å². The minimum absolute atomic E-state index is 0.236. The summed E-state index contributed by atoms with van der Waals surface area (Å²) in [6, 6.07) is 12.9. The molecule has 2 aromatic heterocycles. The Balaban J connectivity index is 1.35. The van der Waals surface area contributed by atoms with Crippen LogP contribution in [0.3, 0.4) is 0 Å². The maximum Gasteiger partial charge on any atom is 0.245 e. The fourth-order valence-electron chi connectivity index (χ4n) is 3.74. The van der Waals surface area contributed by atoms with Gasteiger partial charge in [0.05, 0.1) is 11.7 Å². The van der Waals surface area contributed by atoms with Gasteiger partial charge in [-0.15, -0.1) is 0 Å². The first-order valence-electron chi connectivity index (χ1n) is 9.40. The smallest absolute Gasteiger partial charge is 0.245 e. The van der Waals surface area contributed by atoms with E-state index in [1.807, 2.05) is 24.3 Å². The van der Waals surface area contributed by atoms with Gasteiger partial charge in [-0.25, -0.2) is 8.42 Å². The van der Waals surface area contributed by atoms with Crippen molar-refractivity contribution in [3.8, 4) is 0 Å². The minimum Gasteiger partial charge on any atom is -0.356 e. The van der Waals surface area contributed by atoms with Crippen LogP contribution in [0.4, 0.5) is 0 Å². The first kappa shape index (κ1) is 18.6. The van der Waals surface area contributed by atoms with Crippen LogP contribution in [0.25, 0.3) is 22.0 Å². The number of fused-ring (bicyclic) bond motifs is 2. The van der Waals surface area contributed by atoms with Gasteiger partial charge in [-0.05, 0) is 37.2 Å². The molecule has 0 amide bonds. The molecular weight excluding hydrogens is 410 g/mol. The molecule has 1 aliphatic rings. The molecule has 5 rings (SSSR count). The highest BCUT2D eigenvalue weighted by Gasteiger charge is 2.29. The van der Waals surface area contributed by atoms with Gasteiger partial charge in [0.15, 0.2) is 5.58 Å². The van der Waals surface area contributed by atoms with Gasteiger partial charge in [0.1, 0.15) is 21.6 Å². The Morgan fingerprint density at radius 3 is 2.83 bits per heavy atom. The average molecular weight is 430 g/mol. The summed E-state index contributed by atoms with van der Waals surface area (Å²) in [6.45, 7) is 2.97. The molecule has 0 unspecified atom stereocenters. The lowest BCUT2D eigenvalue weighted by molar-refractivity contribution is 0.270. The molecule has 1 aliphatic heterocycles. The number of hydrogen-bond acceptors (Lipinski definition) is 8. The summed E-state index contributed by atoms with van der Waals surface area (Å²) in [5, 5.41) is 5.20. The van der Waals surface area contributed by atoms with E-state index in [9.17, 15) is 8.42 Å². The molecule has 3 heterocycles. The van der Waals surface area contributed by atoms with Gasteiger partial charge >= 0.3 is 0 Å². The van der Waals surface area contributed by atoms with E-state index < -0.39 is 10.0 Å². The fraction of sp³-hybridized carbons (Fsp3) is 0.316. The monoisotopic (exact) mass is 429 g/mol. The lowest BCUT2D eigenvalue weighted by Crippen LogP contribution is -2.35. The predicted octanol–water partition coefficient (Wildman–Crippen LogP) is 2.73. The van der Waals surface area contributed by atoms with E-state index in [-0.39, 0.29) is 4.90 Å². The summed E-state index contributed by atoms with van der Waals surface area (Å²) < 4.78 is 41.8. The molecule has 4 aromatic rings. The molecule has 150 valence electrons. The summed E-state index contributed by atoms with van der Waals surface area (Å²) in [7, 11) is -3.63. The highest BCUT2D eigenvalue weighted by atomic mass is 32.2. The SMILES string of the molecule is O=S(=O)(c1cccc2nsnc12)N1CCCN(Cc2noc3ccccc23)CC1. The van der Waals surface area contributed by atoms with Gasteiger partial charge in [-0.1, -0.05) is 23.4 Å². The van der Waals surface area contributed by atoms with Gasteiger partial charge in [-0.2, -0.15) is 13.1 Å². The zero-order valence-corrected chi connectivity index (χ0v) is 17.2. The van der Waals surface area contributed by atoms with Gasteiger partial charge in [0, 0.05) is 31.6 Å². The van der Waals surface area contributed by atoms with E-state index >= 15 is 0 Å². The van der Waals surface area contributed by atoms with Gasteiger partial charge in [-0.3, -0.25) is 4.90 Å². The fourth-order valence-corrected chi connectivity index (χ4v) is 5.96. The minimum atomic E-state index is -3.63. The van der Waals surface area contributed by atoms with Crippen LogP contribution >= 0.6 is 11.7 Å².